The summed E-state index contributed by atoms with van der Waals surface area (Å²) >= 11 is 0. The third kappa shape index (κ3) is 5.21. The van der Waals surface area contributed by atoms with Crippen LogP contribution in [-0.4, -0.2) is 51.9 Å². The molecule has 1 aromatic rings. The summed E-state index contributed by atoms with van der Waals surface area (Å²) in [4.78, 5) is 14.2. The molecule has 1 aromatic carbocycles. The number of esters is 1. The number of carbonyl (C=O) groups excluding carboxylic acids is 1. The lowest BCUT2D eigenvalue weighted by Gasteiger charge is -2.39. The summed E-state index contributed by atoms with van der Waals surface area (Å²) in [7, 11) is 5.46. The van der Waals surface area contributed by atoms with E-state index in [1.807, 2.05) is 12.1 Å². The van der Waals surface area contributed by atoms with Crippen LogP contribution in [0.15, 0.2) is 24.3 Å². The van der Waals surface area contributed by atoms with Gasteiger partial charge < -0.3 is 14.2 Å². The Morgan fingerprint density at radius 2 is 2.00 bits per heavy atom. The number of rotatable bonds is 8. The molecule has 0 amide bonds. The third-order valence-electron chi connectivity index (χ3n) is 4.65. The van der Waals surface area contributed by atoms with Crippen LogP contribution in [0.5, 0.6) is 5.75 Å². The Kier molecular flexibility index (Phi) is 7.53. The number of hydrogen-bond donors (Lipinski definition) is 0. The van der Waals surface area contributed by atoms with Gasteiger partial charge in [-0.15, -0.1) is 0 Å². The number of hydrogen-bond acceptors (Lipinski definition) is 5. The van der Waals surface area contributed by atoms with Gasteiger partial charge in [0.05, 0.1) is 13.7 Å². The van der Waals surface area contributed by atoms with Crippen LogP contribution in [0.1, 0.15) is 37.3 Å². The van der Waals surface area contributed by atoms with Crippen molar-refractivity contribution < 1.29 is 19.0 Å². The molecule has 0 N–H and O–H groups in total. The molecule has 1 heterocycles. The first-order valence-electron chi connectivity index (χ1n) is 8.64. The van der Waals surface area contributed by atoms with Crippen molar-refractivity contribution >= 4 is 5.97 Å². The van der Waals surface area contributed by atoms with E-state index >= 15 is 0 Å². The Labute approximate surface area is 144 Å². The van der Waals surface area contributed by atoms with E-state index in [1.54, 1.807) is 14.2 Å². The molecule has 0 aliphatic carbocycles. The van der Waals surface area contributed by atoms with E-state index in [9.17, 15) is 4.79 Å². The number of piperidine rings is 1. The molecule has 1 aliphatic rings. The van der Waals surface area contributed by atoms with Crippen LogP contribution in [0.4, 0.5) is 0 Å². The van der Waals surface area contributed by atoms with Gasteiger partial charge in [0.1, 0.15) is 5.75 Å². The van der Waals surface area contributed by atoms with Gasteiger partial charge in [-0.1, -0.05) is 12.1 Å². The van der Waals surface area contributed by atoms with Crippen molar-refractivity contribution in [2.24, 2.45) is 5.92 Å². The maximum absolute atomic E-state index is 11.9. The van der Waals surface area contributed by atoms with E-state index in [4.69, 9.17) is 14.2 Å². The molecule has 1 aliphatic heterocycles. The van der Waals surface area contributed by atoms with Crippen LogP contribution in [0.3, 0.4) is 0 Å². The highest BCUT2D eigenvalue weighted by atomic mass is 16.5. The lowest BCUT2D eigenvalue weighted by Crippen LogP contribution is -2.38. The van der Waals surface area contributed by atoms with Gasteiger partial charge in [-0.25, -0.2) is 0 Å². The van der Waals surface area contributed by atoms with Crippen molar-refractivity contribution in [3.8, 4) is 5.75 Å². The van der Waals surface area contributed by atoms with Gasteiger partial charge in [-0.2, -0.15) is 0 Å². The van der Waals surface area contributed by atoms with Gasteiger partial charge in [0.15, 0.2) is 0 Å². The molecule has 5 heteroatoms. The molecule has 0 aromatic heterocycles. The maximum Gasteiger partial charge on any atom is 0.305 e. The number of methoxy groups -OCH3 is 2. The van der Waals surface area contributed by atoms with Crippen LogP contribution >= 0.6 is 0 Å². The van der Waals surface area contributed by atoms with Crippen molar-refractivity contribution in [2.75, 3.05) is 41.0 Å². The van der Waals surface area contributed by atoms with Crippen LogP contribution in [0.25, 0.3) is 0 Å². The van der Waals surface area contributed by atoms with Crippen molar-refractivity contribution in [3.05, 3.63) is 29.8 Å². The molecule has 0 spiro atoms. The first-order valence-corrected chi connectivity index (χ1v) is 8.64. The minimum atomic E-state index is -0.131. The molecule has 0 bridgehead atoms. The fourth-order valence-electron chi connectivity index (χ4n) is 3.39. The summed E-state index contributed by atoms with van der Waals surface area (Å²) in [6.45, 7) is 2.14. The third-order valence-corrected chi connectivity index (χ3v) is 4.65. The molecule has 5 nitrogen and oxygen atoms in total. The Bertz CT molecular complexity index is 503. The van der Waals surface area contributed by atoms with Gasteiger partial charge in [0, 0.05) is 32.1 Å². The number of nitrogens with zero attached hydrogens (tertiary/aromatic N) is 1. The van der Waals surface area contributed by atoms with Gasteiger partial charge in [-0.05, 0) is 50.6 Å². The second kappa shape index (κ2) is 9.64. The van der Waals surface area contributed by atoms with Crippen molar-refractivity contribution in [3.63, 3.8) is 0 Å². The number of carbonyl (C=O) groups is 1. The second-order valence-corrected chi connectivity index (χ2v) is 6.38. The van der Waals surface area contributed by atoms with E-state index in [2.05, 4.69) is 24.1 Å². The monoisotopic (exact) mass is 335 g/mol. The smallest absolute Gasteiger partial charge is 0.305 e. The molecule has 24 heavy (non-hydrogen) atoms. The van der Waals surface area contributed by atoms with Crippen LogP contribution < -0.4 is 4.74 Å². The van der Waals surface area contributed by atoms with Gasteiger partial charge >= 0.3 is 5.97 Å². The largest absolute Gasteiger partial charge is 0.497 e. The Balaban J connectivity index is 1.96. The summed E-state index contributed by atoms with van der Waals surface area (Å²) in [5.41, 5.74) is 1.25. The maximum atomic E-state index is 11.9. The predicted octanol–water partition coefficient (Wildman–Crippen LogP) is 3.05. The molecule has 0 unspecified atom stereocenters. The zero-order valence-corrected chi connectivity index (χ0v) is 15.0. The Hall–Kier alpha value is -1.59. The molecule has 2 atom stereocenters. The predicted molar refractivity (Wildman–Crippen MR) is 93.2 cm³/mol. The first kappa shape index (κ1) is 18.7. The molecule has 134 valence electrons. The molecule has 2 rings (SSSR count). The fraction of sp³-hybridized carbons (Fsp3) is 0.632. The van der Waals surface area contributed by atoms with E-state index in [0.29, 0.717) is 32.0 Å². The average Bonchev–Trinajstić information content (AvgIpc) is 2.60. The minimum Gasteiger partial charge on any atom is -0.497 e. The Morgan fingerprint density at radius 1 is 1.25 bits per heavy atom. The molecular formula is C19H29NO4. The topological polar surface area (TPSA) is 48.0 Å². The van der Waals surface area contributed by atoms with Crippen molar-refractivity contribution in [1.82, 2.24) is 4.90 Å². The molecular weight excluding hydrogens is 306 g/mol. The number of benzene rings is 1. The minimum absolute atomic E-state index is 0.131. The van der Waals surface area contributed by atoms with Gasteiger partial charge in [0.2, 0.25) is 0 Å². The highest BCUT2D eigenvalue weighted by molar-refractivity contribution is 5.69. The van der Waals surface area contributed by atoms with Crippen LogP contribution in [-0.2, 0) is 14.3 Å². The highest BCUT2D eigenvalue weighted by Gasteiger charge is 2.31. The Morgan fingerprint density at radius 3 is 2.67 bits per heavy atom. The molecule has 0 radical (unpaired) electrons. The van der Waals surface area contributed by atoms with Crippen LogP contribution in [0, 0.1) is 5.92 Å². The molecule has 1 fully saturated rings. The zero-order valence-electron chi connectivity index (χ0n) is 15.0. The van der Waals surface area contributed by atoms with E-state index in [1.165, 1.54) is 5.56 Å². The quantitative estimate of drug-likeness (QED) is 0.540. The standard InChI is InChI=1S/C19H29NO4/c1-20-12-4-6-16(14-24-18(21)7-5-13-22-2)19(20)15-8-10-17(23-3)11-9-15/h8-11,16,19H,4-7,12-14H2,1-3H3/t16-,19-/m0/s1. The number of ether oxygens (including phenoxy) is 3. The second-order valence-electron chi connectivity index (χ2n) is 6.38. The van der Waals surface area contributed by atoms with Gasteiger partial charge in [0.25, 0.3) is 0 Å². The molecule has 0 saturated carbocycles. The normalized spacial score (nSPS) is 21.5. The summed E-state index contributed by atoms with van der Waals surface area (Å²) < 4.78 is 15.7. The van der Waals surface area contributed by atoms with E-state index < -0.39 is 0 Å². The summed E-state index contributed by atoms with van der Waals surface area (Å²) in [5, 5.41) is 0. The summed E-state index contributed by atoms with van der Waals surface area (Å²) in [6, 6.07) is 8.48. The van der Waals surface area contributed by atoms with E-state index in [0.717, 1.165) is 25.1 Å². The lowest BCUT2D eigenvalue weighted by atomic mass is 9.85. The van der Waals surface area contributed by atoms with Crippen molar-refractivity contribution in [1.29, 1.82) is 0 Å². The van der Waals surface area contributed by atoms with Crippen molar-refractivity contribution in [2.45, 2.75) is 31.7 Å². The average molecular weight is 335 g/mol. The number of likely N-dealkylation sites (tertiary alicyclic amines) is 1. The molecule has 1 saturated heterocycles. The fourth-order valence-corrected chi connectivity index (χ4v) is 3.39. The van der Waals surface area contributed by atoms with Gasteiger partial charge in [-0.3, -0.25) is 9.69 Å². The highest BCUT2D eigenvalue weighted by Crippen LogP contribution is 2.35. The SMILES string of the molecule is COCCCC(=O)OC[C@@H]1CCCN(C)[C@H]1c1ccc(OC)cc1. The lowest BCUT2D eigenvalue weighted by molar-refractivity contribution is -0.146. The van der Waals surface area contributed by atoms with E-state index in [-0.39, 0.29) is 12.0 Å². The summed E-state index contributed by atoms with van der Waals surface area (Å²) in [6.07, 6.45) is 3.34. The summed E-state index contributed by atoms with van der Waals surface area (Å²) in [5.74, 6) is 1.05. The first-order chi connectivity index (χ1) is 11.7. The van der Waals surface area contributed by atoms with Crippen LogP contribution in [0.2, 0.25) is 0 Å². The zero-order chi connectivity index (χ0) is 17.4.